The molecule has 0 atom stereocenters. The third kappa shape index (κ3) is 19.7. The average Bonchev–Trinajstić information content (AvgIpc) is 2.73. The van der Waals surface area contributed by atoms with Crippen LogP contribution in [0.5, 0.6) is 0 Å². The molecule has 0 amide bonds. The van der Waals surface area contributed by atoms with Gasteiger partial charge in [0, 0.05) is 0 Å². The lowest BCUT2D eigenvalue weighted by Gasteiger charge is -1.97. The van der Waals surface area contributed by atoms with Gasteiger partial charge in [-0.15, -0.1) is 0 Å². The minimum atomic E-state index is 1.05. The number of rotatable bonds is 0. The lowest BCUT2D eigenvalue weighted by molar-refractivity contribution is 0.619. The van der Waals surface area contributed by atoms with E-state index >= 15 is 0 Å². The fourth-order valence-corrected chi connectivity index (χ4v) is 2.49. The average molecular weight is 384 g/mol. The highest BCUT2D eigenvalue weighted by Gasteiger charge is 1.88. The summed E-state index contributed by atoms with van der Waals surface area (Å²) in [6.07, 6.45) is 55.0. The van der Waals surface area contributed by atoms with Crippen molar-refractivity contribution in [1.29, 1.82) is 0 Å². The minimum absolute atomic E-state index is 1.05. The summed E-state index contributed by atoms with van der Waals surface area (Å²) < 4.78 is 0. The third-order valence-electron chi connectivity index (χ3n) is 4.04. The molecule has 1 aliphatic rings. The lowest BCUT2D eigenvalue weighted by atomic mass is 10.1. The van der Waals surface area contributed by atoms with Crippen LogP contribution in [0.25, 0.3) is 0 Å². The molecule has 1 rings (SSSR count). The van der Waals surface area contributed by atoms with Crippen LogP contribution in [-0.4, -0.2) is 0 Å². The van der Waals surface area contributed by atoms with Crippen LogP contribution in [0, 0.1) is 6.08 Å². The first-order valence-electron chi connectivity index (χ1n) is 10.7. The second-order valence-corrected chi connectivity index (χ2v) is 6.57. The second kappa shape index (κ2) is 21.4. The van der Waals surface area contributed by atoms with Gasteiger partial charge in [-0.25, -0.2) is 0 Å². The highest BCUT2D eigenvalue weighted by atomic mass is 13.9. The smallest absolute Gasteiger partial charge is 0.0276 e. The van der Waals surface area contributed by atoms with Crippen LogP contribution in [-0.2, 0) is 0 Å². The first-order chi connectivity index (χ1) is 14.5. The van der Waals surface area contributed by atoms with Gasteiger partial charge in [-0.05, 0) is 31.8 Å². The fourth-order valence-electron chi connectivity index (χ4n) is 2.49. The maximum absolute atomic E-state index is 3.34. The maximum Gasteiger partial charge on any atom is -0.0276 e. The molecule has 0 spiro atoms. The van der Waals surface area contributed by atoms with Gasteiger partial charge in [-0.1, -0.05) is 147 Å². The van der Waals surface area contributed by atoms with Crippen LogP contribution in [0.1, 0.15) is 44.9 Å². The highest BCUT2D eigenvalue weighted by Crippen LogP contribution is 2.07. The van der Waals surface area contributed by atoms with Gasteiger partial charge < -0.3 is 0 Å². The standard InChI is InChI=1S/C29H35/c1-2-4-6-8-10-12-14-16-18-20-22-24-26-28-29-27-25-23-21-19-17-15-13-11-9-7-5-3-1/h1-21H,22,24-29H2/b3-1+,4-2+,7-5-,8-6+,11-9+,12-10+,15-13-,16-14+,19-17-,20-18-,23-21?. The van der Waals surface area contributed by atoms with Gasteiger partial charge in [0.1, 0.15) is 0 Å². The quantitative estimate of drug-likeness (QED) is 0.392. The van der Waals surface area contributed by atoms with Crippen molar-refractivity contribution in [1.82, 2.24) is 0 Å². The molecule has 0 saturated heterocycles. The molecule has 1 radical (unpaired) electrons. The predicted molar refractivity (Wildman–Crippen MR) is 132 cm³/mol. The van der Waals surface area contributed by atoms with E-state index < -0.39 is 0 Å². The monoisotopic (exact) mass is 383 g/mol. The Kier molecular flexibility index (Phi) is 17.9. The first kappa shape index (κ1) is 24.2. The molecule has 29 heavy (non-hydrogen) atoms. The normalized spacial score (nSPS) is 30.1. The minimum Gasteiger partial charge on any atom is -0.0845 e. The second-order valence-electron chi connectivity index (χ2n) is 6.57. The summed E-state index contributed by atoms with van der Waals surface area (Å²) in [5, 5.41) is 0. The van der Waals surface area contributed by atoms with E-state index in [0.717, 1.165) is 6.42 Å². The zero-order valence-corrected chi connectivity index (χ0v) is 17.6. The molecule has 0 N–H and O–H groups in total. The molecule has 151 valence electrons. The van der Waals surface area contributed by atoms with Crippen LogP contribution in [0.2, 0.25) is 0 Å². The Labute approximate surface area is 178 Å². The van der Waals surface area contributed by atoms with Gasteiger partial charge in [0.05, 0.1) is 0 Å². The Morgan fingerprint density at radius 1 is 0.345 bits per heavy atom. The van der Waals surface area contributed by atoms with Crippen LogP contribution in [0.4, 0.5) is 0 Å². The molecular weight excluding hydrogens is 348 g/mol. The molecule has 0 nitrogen and oxygen atoms in total. The van der Waals surface area contributed by atoms with Crippen molar-refractivity contribution < 1.29 is 0 Å². The van der Waals surface area contributed by atoms with E-state index in [-0.39, 0.29) is 0 Å². The first-order valence-corrected chi connectivity index (χ1v) is 10.7. The summed E-state index contributed by atoms with van der Waals surface area (Å²) in [6, 6.07) is 0. The van der Waals surface area contributed by atoms with E-state index in [1.807, 2.05) is 103 Å². The SMILES string of the molecule is [C]1=C/C=C\C=C/C=C/C=C\C=C\C=C\C=C\C=C\C=C\C=C/CCCCCCC/1. The van der Waals surface area contributed by atoms with Gasteiger partial charge in [-0.3, -0.25) is 0 Å². The van der Waals surface area contributed by atoms with Crippen molar-refractivity contribution >= 4 is 0 Å². The van der Waals surface area contributed by atoms with Crippen LogP contribution in [0.15, 0.2) is 128 Å². The Morgan fingerprint density at radius 2 is 0.724 bits per heavy atom. The van der Waals surface area contributed by atoms with E-state index in [4.69, 9.17) is 0 Å². The van der Waals surface area contributed by atoms with Crippen molar-refractivity contribution in [2.45, 2.75) is 44.9 Å². The molecule has 1 aliphatic carbocycles. The predicted octanol–water partition coefficient (Wildman–Crippen LogP) is 8.65. The Hall–Kier alpha value is -2.86. The van der Waals surface area contributed by atoms with Crippen molar-refractivity contribution in [3.63, 3.8) is 0 Å². The van der Waals surface area contributed by atoms with Gasteiger partial charge >= 0.3 is 0 Å². The summed E-state index contributed by atoms with van der Waals surface area (Å²) in [6.45, 7) is 0. The van der Waals surface area contributed by atoms with Crippen molar-refractivity contribution in [2.75, 3.05) is 0 Å². The van der Waals surface area contributed by atoms with E-state index in [1.54, 1.807) is 0 Å². The number of hydrogen-bond acceptors (Lipinski definition) is 0. The van der Waals surface area contributed by atoms with Crippen LogP contribution >= 0.6 is 0 Å². The number of allylic oxidation sites excluding steroid dienone is 22. The topological polar surface area (TPSA) is 0 Å². The number of hydrogen-bond donors (Lipinski definition) is 0. The van der Waals surface area contributed by atoms with E-state index in [9.17, 15) is 0 Å². The summed E-state index contributed by atoms with van der Waals surface area (Å²) >= 11 is 0. The zero-order valence-electron chi connectivity index (χ0n) is 17.6. The molecule has 0 aromatic rings. The highest BCUT2D eigenvalue weighted by molar-refractivity contribution is 5.22. The summed E-state index contributed by atoms with van der Waals surface area (Å²) in [4.78, 5) is 0. The van der Waals surface area contributed by atoms with Crippen molar-refractivity contribution in [2.24, 2.45) is 0 Å². The molecule has 0 aromatic heterocycles. The van der Waals surface area contributed by atoms with E-state index in [0.29, 0.717) is 0 Å². The van der Waals surface area contributed by atoms with Gasteiger partial charge in [0.2, 0.25) is 0 Å². The largest absolute Gasteiger partial charge is 0.0845 e. The van der Waals surface area contributed by atoms with Crippen molar-refractivity contribution in [3.8, 4) is 0 Å². The molecule has 0 saturated carbocycles. The Morgan fingerprint density at radius 3 is 1.24 bits per heavy atom. The third-order valence-corrected chi connectivity index (χ3v) is 4.04. The van der Waals surface area contributed by atoms with Crippen LogP contribution in [0.3, 0.4) is 0 Å². The molecule has 0 aromatic carbocycles. The summed E-state index contributed by atoms with van der Waals surface area (Å²) in [5.41, 5.74) is 0. The van der Waals surface area contributed by atoms with Crippen molar-refractivity contribution in [3.05, 3.63) is 134 Å². The zero-order chi connectivity index (χ0) is 20.5. The molecule has 0 unspecified atom stereocenters. The molecule has 0 bridgehead atoms. The molecule has 0 aliphatic heterocycles. The molecule has 0 fully saturated rings. The Bertz CT molecular complexity index is 634. The summed E-state index contributed by atoms with van der Waals surface area (Å²) in [7, 11) is 0. The Balaban J connectivity index is 2.48. The van der Waals surface area contributed by atoms with Gasteiger partial charge in [0.25, 0.3) is 0 Å². The fraction of sp³-hybridized carbons (Fsp3) is 0.241. The van der Waals surface area contributed by atoms with E-state index in [2.05, 4.69) is 30.4 Å². The molecular formula is C29H35. The lowest BCUT2D eigenvalue weighted by Crippen LogP contribution is -1.78. The molecule has 0 heterocycles. The van der Waals surface area contributed by atoms with E-state index in [1.165, 1.54) is 38.5 Å². The van der Waals surface area contributed by atoms with Crippen LogP contribution < -0.4 is 0 Å². The summed E-state index contributed by atoms with van der Waals surface area (Å²) in [5.74, 6) is 0. The maximum atomic E-state index is 3.34. The van der Waals surface area contributed by atoms with Gasteiger partial charge in [-0.2, -0.15) is 0 Å². The molecule has 0 heteroatoms. The van der Waals surface area contributed by atoms with Gasteiger partial charge in [0.15, 0.2) is 0 Å².